The zero-order chi connectivity index (χ0) is 7.11. The molecule has 0 aromatic carbocycles. The number of halogens is 1. The molecule has 0 saturated heterocycles. The Balaban J connectivity index is 3.44. The van der Waals surface area contributed by atoms with Gasteiger partial charge in [-0.1, -0.05) is 0 Å². The molecule has 1 nitrogen and oxygen atoms in total. The van der Waals surface area contributed by atoms with Crippen LogP contribution in [0.4, 0.5) is 0 Å². The second-order valence-electron chi connectivity index (χ2n) is 1.67. The summed E-state index contributed by atoms with van der Waals surface area (Å²) < 4.78 is 5.08. The van der Waals surface area contributed by atoms with Crippen molar-refractivity contribution < 1.29 is 21.5 Å². The van der Waals surface area contributed by atoms with E-state index >= 15 is 0 Å². The van der Waals surface area contributed by atoms with Crippen molar-refractivity contribution in [3.8, 4) is 0 Å². The Morgan fingerprint density at radius 2 is 2.44 bits per heavy atom. The molecule has 0 fully saturated rings. The first-order chi connectivity index (χ1) is 4.35. The quantitative estimate of drug-likeness (QED) is 0.259. The molecule has 2 heteroatoms. The van der Waals surface area contributed by atoms with Gasteiger partial charge in [0.15, 0.2) is 0 Å². The molecule has 0 radical (unpaired) electrons. The van der Waals surface area contributed by atoms with Crippen molar-refractivity contribution in [3.05, 3.63) is 11.6 Å². The average molecular weight is 238 g/mol. The molecule has 54 valence electrons. The van der Waals surface area contributed by atoms with Gasteiger partial charge < -0.3 is 0 Å². The Morgan fingerprint density at radius 3 is 2.78 bits per heavy atom. The first-order valence-electron chi connectivity index (χ1n) is 3.03. The van der Waals surface area contributed by atoms with Crippen LogP contribution in [0.1, 0.15) is 20.3 Å². The van der Waals surface area contributed by atoms with E-state index < -0.39 is 0 Å². The van der Waals surface area contributed by atoms with Gasteiger partial charge in [-0.25, -0.2) is 0 Å². The van der Waals surface area contributed by atoms with Crippen molar-refractivity contribution in [1.82, 2.24) is 0 Å². The first-order valence-corrected chi connectivity index (χ1v) is 5.52. The van der Waals surface area contributed by atoms with E-state index in [1.54, 1.807) is 0 Å². The van der Waals surface area contributed by atoms with Gasteiger partial charge in [-0.15, -0.1) is 0 Å². The Kier molecular flexibility index (Phi) is 6.36. The zero-order valence-corrected chi connectivity index (χ0v) is 8.18. The molecule has 0 atom stereocenters. The van der Waals surface area contributed by atoms with Crippen molar-refractivity contribution in [3.63, 3.8) is 0 Å². The van der Waals surface area contributed by atoms with Crippen LogP contribution in [0.25, 0.3) is 0 Å². The summed E-state index contributed by atoms with van der Waals surface area (Å²) in [6, 6.07) is 0. The summed E-state index contributed by atoms with van der Waals surface area (Å²) in [7, 11) is 0. The Hall–Kier alpha value is 0.140. The fourth-order valence-corrected chi connectivity index (χ4v) is 2.15. The summed E-state index contributed by atoms with van der Waals surface area (Å²) in [5.74, 6) is 0. The molecule has 0 bridgehead atoms. The van der Waals surface area contributed by atoms with Crippen LogP contribution >= 0.6 is 0 Å². The molecule has 0 aliphatic rings. The number of hydrogen-bond acceptors (Lipinski definition) is 1. The number of nitrogens with zero attached hydrogens (tertiary/aromatic N) is 1. The van der Waals surface area contributed by atoms with Gasteiger partial charge in [0.2, 0.25) is 0 Å². The Morgan fingerprint density at radius 1 is 1.78 bits per heavy atom. The molecule has 0 amide bonds. The maximum absolute atomic E-state index is 3.89. The first kappa shape index (κ1) is 9.14. The van der Waals surface area contributed by atoms with Crippen molar-refractivity contribution in [1.29, 1.82) is 0 Å². The van der Waals surface area contributed by atoms with Gasteiger partial charge in [0, 0.05) is 0 Å². The summed E-state index contributed by atoms with van der Waals surface area (Å²) in [5, 5.41) is 0. The third kappa shape index (κ3) is 4.63. The molecule has 0 spiro atoms. The maximum atomic E-state index is 3.89. The molecular weight excluding hydrogens is 225 g/mol. The van der Waals surface area contributed by atoms with E-state index in [9.17, 15) is 0 Å². The molecular formula is C7H13IN-. The predicted molar refractivity (Wildman–Crippen MR) is 38.5 cm³/mol. The third-order valence-electron chi connectivity index (χ3n) is 1.18. The molecule has 0 unspecified atom stereocenters. The Bertz CT molecular complexity index is 107. The van der Waals surface area contributed by atoms with Crippen LogP contribution in [0.5, 0.6) is 0 Å². The molecule has 0 N–H and O–H groups in total. The summed E-state index contributed by atoms with van der Waals surface area (Å²) in [4.78, 5) is 0. The van der Waals surface area contributed by atoms with E-state index in [0.29, 0.717) is 0 Å². The minimum atomic E-state index is 0.0206. The molecule has 0 rings (SSSR count). The van der Waals surface area contributed by atoms with Crippen LogP contribution in [-0.4, -0.2) is 11.1 Å². The van der Waals surface area contributed by atoms with Crippen molar-refractivity contribution in [2.45, 2.75) is 20.3 Å². The van der Waals surface area contributed by atoms with Crippen LogP contribution in [0.3, 0.4) is 0 Å². The van der Waals surface area contributed by atoms with Crippen molar-refractivity contribution in [2.24, 2.45) is 3.21 Å². The van der Waals surface area contributed by atoms with Gasteiger partial charge >= 0.3 is 67.7 Å². The van der Waals surface area contributed by atoms with Gasteiger partial charge in [-0.2, -0.15) is 0 Å². The fraction of sp³-hybridized carbons (Fsp3) is 0.571. The van der Waals surface area contributed by atoms with Crippen LogP contribution in [0.2, 0.25) is 0 Å². The molecule has 0 aromatic heterocycles. The zero-order valence-electron chi connectivity index (χ0n) is 6.02. The summed E-state index contributed by atoms with van der Waals surface area (Å²) in [5.41, 5.74) is 1.52. The molecule has 9 heavy (non-hydrogen) atoms. The second-order valence-corrected chi connectivity index (χ2v) is 3.80. The third-order valence-corrected chi connectivity index (χ3v) is 2.98. The topological polar surface area (TPSA) is 12.4 Å². The minimum absolute atomic E-state index is 0.0206. The summed E-state index contributed by atoms with van der Waals surface area (Å²) in [6.07, 6.45) is 3.36. The van der Waals surface area contributed by atoms with Crippen LogP contribution in [-0.2, 0) is 0 Å². The Labute approximate surface area is 67.9 Å². The van der Waals surface area contributed by atoms with Crippen LogP contribution in [0.15, 0.2) is 14.9 Å². The van der Waals surface area contributed by atoms with Crippen molar-refractivity contribution >= 4 is 6.72 Å². The van der Waals surface area contributed by atoms with Gasteiger partial charge in [0.25, 0.3) is 0 Å². The van der Waals surface area contributed by atoms with Crippen molar-refractivity contribution in [2.75, 3.05) is 4.43 Å². The standard InChI is InChI=1S/C7H13IN/c1-4-7(5-2)6-8-9-3/h4H,3,5-6H2,1-2H3/q-1/b7-4+. The monoisotopic (exact) mass is 238 g/mol. The van der Waals surface area contributed by atoms with Gasteiger partial charge in [0.1, 0.15) is 0 Å². The number of hydrogen-bond donors (Lipinski definition) is 0. The van der Waals surface area contributed by atoms with Crippen LogP contribution < -0.4 is 21.5 Å². The molecule has 0 saturated carbocycles. The summed E-state index contributed by atoms with van der Waals surface area (Å²) >= 11 is 0.0206. The summed E-state index contributed by atoms with van der Waals surface area (Å²) in [6.45, 7) is 7.74. The molecule has 0 aliphatic carbocycles. The number of allylic oxidation sites excluding steroid dienone is 2. The van der Waals surface area contributed by atoms with E-state index in [4.69, 9.17) is 0 Å². The van der Waals surface area contributed by atoms with Gasteiger partial charge in [-0.3, -0.25) is 0 Å². The van der Waals surface area contributed by atoms with E-state index in [-0.39, 0.29) is 21.5 Å². The second kappa shape index (κ2) is 6.26. The fourth-order valence-electron chi connectivity index (χ4n) is 0.495. The normalized spacial score (nSPS) is 12.0. The van der Waals surface area contributed by atoms with Crippen LogP contribution in [0, 0.1) is 0 Å². The van der Waals surface area contributed by atoms with E-state index in [1.165, 1.54) is 16.4 Å². The van der Waals surface area contributed by atoms with E-state index in [0.717, 1.165) is 0 Å². The molecule has 0 aromatic rings. The SMILES string of the molecule is C=N[I-]C/C(=C/C)CC. The number of rotatable bonds is 4. The van der Waals surface area contributed by atoms with Gasteiger partial charge in [0.05, 0.1) is 0 Å². The molecule has 0 aliphatic heterocycles. The number of alkyl halides is 1. The van der Waals surface area contributed by atoms with E-state index in [1.807, 2.05) is 0 Å². The average Bonchev–Trinajstić information content (AvgIpc) is 1.91. The van der Waals surface area contributed by atoms with Gasteiger partial charge in [-0.05, 0) is 0 Å². The predicted octanol–water partition coefficient (Wildman–Crippen LogP) is -0.953. The molecule has 0 heterocycles. The van der Waals surface area contributed by atoms with E-state index in [2.05, 4.69) is 29.8 Å².